The van der Waals surface area contributed by atoms with Gasteiger partial charge in [-0.25, -0.2) is 0 Å². The third kappa shape index (κ3) is 3.00. The molecule has 2 atom stereocenters. The van der Waals surface area contributed by atoms with Crippen molar-refractivity contribution in [3.05, 3.63) is 96.1 Å². The first-order chi connectivity index (χ1) is 14.7. The monoisotopic (exact) mass is 400 g/mol. The maximum Gasteiger partial charge on any atom is 0.254 e. The number of hydrogen-bond acceptors (Lipinski definition) is 5. The van der Waals surface area contributed by atoms with Crippen molar-refractivity contribution in [2.75, 3.05) is 19.7 Å². The van der Waals surface area contributed by atoms with Crippen molar-refractivity contribution >= 4 is 5.91 Å². The first-order valence-corrected chi connectivity index (χ1v) is 10.2. The van der Waals surface area contributed by atoms with Gasteiger partial charge in [0.05, 0.1) is 17.8 Å². The molecule has 4 heterocycles. The van der Waals surface area contributed by atoms with E-state index in [1.54, 1.807) is 30.7 Å². The maximum atomic E-state index is 12.9. The van der Waals surface area contributed by atoms with Gasteiger partial charge in [0.15, 0.2) is 0 Å². The smallest absolute Gasteiger partial charge is 0.254 e. The fourth-order valence-corrected chi connectivity index (χ4v) is 5.12. The summed E-state index contributed by atoms with van der Waals surface area (Å²) in [5, 5.41) is 10.2. The molecule has 3 aromatic rings. The largest absolute Gasteiger partial charge is 0.395 e. The highest BCUT2D eigenvalue weighted by Gasteiger charge is 2.66. The van der Waals surface area contributed by atoms with Crippen LogP contribution in [0.15, 0.2) is 79.3 Å². The molecule has 6 nitrogen and oxygen atoms in total. The summed E-state index contributed by atoms with van der Waals surface area (Å²) >= 11 is 0. The molecule has 5 rings (SSSR count). The number of aliphatic hydroxyl groups is 1. The van der Waals surface area contributed by atoms with Crippen molar-refractivity contribution in [2.24, 2.45) is 0 Å². The van der Waals surface area contributed by atoms with Crippen LogP contribution in [0.2, 0.25) is 0 Å². The van der Waals surface area contributed by atoms with Crippen LogP contribution in [0, 0.1) is 0 Å². The zero-order valence-corrected chi connectivity index (χ0v) is 16.6. The second kappa shape index (κ2) is 7.63. The highest BCUT2D eigenvalue weighted by Crippen LogP contribution is 2.54. The standard InChI is InChI=1S/C24H24N4O2/c29-15-21-22(18-6-2-1-3-7-18)24(28(21)14-20-8-4-5-11-26-20)16-27(17-24)23(30)19-9-12-25-13-10-19/h1-13,21-22,29H,14-17H2/t21-,22+/m1/s1. The van der Waals surface area contributed by atoms with E-state index in [0.29, 0.717) is 25.2 Å². The number of amides is 1. The number of hydrogen-bond donors (Lipinski definition) is 1. The van der Waals surface area contributed by atoms with Gasteiger partial charge in [0.25, 0.3) is 5.91 Å². The fourth-order valence-electron chi connectivity index (χ4n) is 5.12. The number of nitrogens with zero attached hydrogens (tertiary/aromatic N) is 4. The number of likely N-dealkylation sites (tertiary alicyclic amines) is 2. The first-order valence-electron chi connectivity index (χ1n) is 10.2. The van der Waals surface area contributed by atoms with Gasteiger partial charge in [-0.2, -0.15) is 0 Å². The van der Waals surface area contributed by atoms with E-state index in [0.717, 1.165) is 5.69 Å². The number of rotatable bonds is 5. The summed E-state index contributed by atoms with van der Waals surface area (Å²) in [6.45, 7) is 2.01. The lowest BCUT2D eigenvalue weighted by molar-refractivity contribution is -0.184. The molecule has 2 saturated heterocycles. The number of benzene rings is 1. The Balaban J connectivity index is 1.43. The van der Waals surface area contributed by atoms with Crippen LogP contribution in [-0.4, -0.2) is 62.1 Å². The van der Waals surface area contributed by atoms with Gasteiger partial charge < -0.3 is 10.0 Å². The molecular formula is C24H24N4O2. The Bertz CT molecular complexity index is 1010. The molecule has 0 unspecified atom stereocenters. The van der Waals surface area contributed by atoms with E-state index >= 15 is 0 Å². The molecule has 0 radical (unpaired) electrons. The molecule has 0 aliphatic carbocycles. The van der Waals surface area contributed by atoms with Gasteiger partial charge >= 0.3 is 0 Å². The van der Waals surface area contributed by atoms with Crippen LogP contribution in [0.25, 0.3) is 0 Å². The number of aliphatic hydroxyl groups excluding tert-OH is 1. The Morgan fingerprint density at radius 2 is 1.73 bits per heavy atom. The molecular weight excluding hydrogens is 376 g/mol. The van der Waals surface area contributed by atoms with E-state index in [2.05, 4.69) is 27.0 Å². The Morgan fingerprint density at radius 1 is 1.00 bits per heavy atom. The summed E-state index contributed by atoms with van der Waals surface area (Å²) in [5.74, 6) is 0.203. The SMILES string of the molecule is O=C(c1ccncc1)N1CC2(C1)[C@@H](c1ccccc1)[C@@H](CO)N2Cc1ccccn1. The molecule has 0 saturated carbocycles. The molecule has 2 aromatic heterocycles. The van der Waals surface area contributed by atoms with Gasteiger partial charge in [0.2, 0.25) is 0 Å². The summed E-state index contributed by atoms with van der Waals surface area (Å²) in [6, 6.07) is 19.8. The second-order valence-corrected chi connectivity index (χ2v) is 8.09. The molecule has 152 valence electrons. The molecule has 1 spiro atoms. The van der Waals surface area contributed by atoms with Crippen LogP contribution in [-0.2, 0) is 6.54 Å². The van der Waals surface area contributed by atoms with E-state index in [1.807, 2.05) is 41.3 Å². The van der Waals surface area contributed by atoms with Gasteiger partial charge in [-0.05, 0) is 29.8 Å². The van der Waals surface area contributed by atoms with Crippen molar-refractivity contribution in [3.8, 4) is 0 Å². The van der Waals surface area contributed by atoms with Crippen molar-refractivity contribution in [1.82, 2.24) is 19.8 Å². The van der Waals surface area contributed by atoms with Crippen molar-refractivity contribution in [1.29, 1.82) is 0 Å². The first kappa shape index (κ1) is 18.9. The van der Waals surface area contributed by atoms with Crippen molar-refractivity contribution in [3.63, 3.8) is 0 Å². The molecule has 2 aliphatic rings. The molecule has 1 aromatic carbocycles. The molecule has 2 fully saturated rings. The van der Waals surface area contributed by atoms with Gasteiger partial charge in [-0.3, -0.25) is 19.7 Å². The molecule has 0 bridgehead atoms. The molecule has 1 amide bonds. The summed E-state index contributed by atoms with van der Waals surface area (Å²) in [5.41, 5.74) is 2.66. The number of carbonyl (C=O) groups is 1. The Hall–Kier alpha value is -3.09. The van der Waals surface area contributed by atoms with E-state index in [1.165, 1.54) is 5.56 Å². The summed E-state index contributed by atoms with van der Waals surface area (Å²) < 4.78 is 0. The van der Waals surface area contributed by atoms with Crippen molar-refractivity contribution < 1.29 is 9.90 Å². The highest BCUT2D eigenvalue weighted by atomic mass is 16.3. The summed E-state index contributed by atoms with van der Waals surface area (Å²) in [6.07, 6.45) is 5.09. The van der Waals surface area contributed by atoms with Crippen LogP contribution in [0.3, 0.4) is 0 Å². The lowest BCUT2D eigenvalue weighted by atomic mass is 9.60. The second-order valence-electron chi connectivity index (χ2n) is 8.09. The fraction of sp³-hybridized carbons (Fsp3) is 0.292. The van der Waals surface area contributed by atoms with E-state index < -0.39 is 0 Å². The van der Waals surface area contributed by atoms with Crippen molar-refractivity contribution in [2.45, 2.75) is 24.0 Å². The van der Waals surface area contributed by atoms with Crippen LogP contribution < -0.4 is 0 Å². The lowest BCUT2D eigenvalue weighted by Gasteiger charge is -2.70. The number of carbonyl (C=O) groups excluding carboxylic acids is 1. The molecule has 30 heavy (non-hydrogen) atoms. The predicted octanol–water partition coefficient (Wildman–Crippen LogP) is 2.33. The quantitative estimate of drug-likeness (QED) is 0.712. The predicted molar refractivity (Wildman–Crippen MR) is 113 cm³/mol. The van der Waals surface area contributed by atoms with Gasteiger partial charge in [0.1, 0.15) is 0 Å². The van der Waals surface area contributed by atoms with E-state index in [9.17, 15) is 9.90 Å². The topological polar surface area (TPSA) is 69.6 Å². The zero-order valence-electron chi connectivity index (χ0n) is 16.6. The minimum absolute atomic E-state index is 0.00702. The summed E-state index contributed by atoms with van der Waals surface area (Å²) in [4.78, 5) is 25.6. The minimum atomic E-state index is -0.186. The third-order valence-electron chi connectivity index (χ3n) is 6.48. The minimum Gasteiger partial charge on any atom is -0.395 e. The number of pyridine rings is 2. The van der Waals surface area contributed by atoms with Gasteiger partial charge in [-0.1, -0.05) is 36.4 Å². The van der Waals surface area contributed by atoms with Gasteiger partial charge in [0, 0.05) is 55.7 Å². The average Bonchev–Trinajstić information content (AvgIpc) is 2.77. The highest BCUT2D eigenvalue weighted by molar-refractivity contribution is 5.95. The van der Waals surface area contributed by atoms with Gasteiger partial charge in [-0.15, -0.1) is 0 Å². The molecule has 1 N–H and O–H groups in total. The number of aromatic nitrogens is 2. The Morgan fingerprint density at radius 3 is 2.40 bits per heavy atom. The zero-order chi connectivity index (χ0) is 20.6. The van der Waals surface area contributed by atoms with Crippen LogP contribution >= 0.6 is 0 Å². The van der Waals surface area contributed by atoms with E-state index in [4.69, 9.17) is 0 Å². The van der Waals surface area contributed by atoms with E-state index in [-0.39, 0.29) is 30.0 Å². The normalized spacial score (nSPS) is 22.4. The average molecular weight is 400 g/mol. The summed E-state index contributed by atoms with van der Waals surface area (Å²) in [7, 11) is 0. The van der Waals surface area contributed by atoms with Crippen LogP contribution in [0.1, 0.15) is 27.5 Å². The van der Waals surface area contributed by atoms with Crippen LogP contribution in [0.5, 0.6) is 0 Å². The van der Waals surface area contributed by atoms with Crippen LogP contribution in [0.4, 0.5) is 0 Å². The Labute approximate surface area is 175 Å². The molecule has 6 heteroatoms. The third-order valence-corrected chi connectivity index (χ3v) is 6.48. The maximum absolute atomic E-state index is 12.9. The molecule has 2 aliphatic heterocycles. The Kier molecular flexibility index (Phi) is 4.81. The lowest BCUT2D eigenvalue weighted by Crippen LogP contribution is -2.84.